The number of hydrogen-bond donors (Lipinski definition) is 2. The van der Waals surface area contributed by atoms with Crippen molar-refractivity contribution in [3.05, 3.63) is 65.7 Å². The molecule has 5 rings (SSSR count). The molecule has 0 aromatic heterocycles. The van der Waals surface area contributed by atoms with Gasteiger partial charge < -0.3 is 19.9 Å². The van der Waals surface area contributed by atoms with Crippen LogP contribution in [0.4, 0.5) is 0 Å². The molecule has 1 atom stereocenters. The molecule has 1 amide bonds. The van der Waals surface area contributed by atoms with E-state index in [1.807, 2.05) is 42.5 Å². The Labute approximate surface area is 193 Å². The lowest BCUT2D eigenvalue weighted by atomic mass is 9.86. The number of ether oxygens (including phenoxy) is 2. The van der Waals surface area contributed by atoms with Gasteiger partial charge in [-0.05, 0) is 55.9 Å². The van der Waals surface area contributed by atoms with Crippen molar-refractivity contribution in [2.45, 2.75) is 49.3 Å². The highest BCUT2D eigenvalue weighted by atomic mass is 16.5. The number of rotatable bonds is 7. The first-order valence-electron chi connectivity index (χ1n) is 11.7. The molecule has 0 spiro atoms. The highest BCUT2D eigenvalue weighted by Gasteiger charge is 2.54. The van der Waals surface area contributed by atoms with E-state index in [1.165, 1.54) is 0 Å². The van der Waals surface area contributed by atoms with Crippen LogP contribution in [0.15, 0.2) is 54.6 Å². The Bertz CT molecular complexity index is 1010. The highest BCUT2D eigenvalue weighted by Crippen LogP contribution is 2.48. The standard InChI is InChI=1S/C26H30N2O5/c29-23(30)21-8-4-5-9-22(21)25(11-12-25)27-24(31)26(13-16-32-17-14-26)28-15-10-20(18-28)33-19-6-2-1-3-7-19/h1-9,20H,10-18H2,(H,27,31)(H,29,30)/t20-/m1/s1. The van der Waals surface area contributed by atoms with Gasteiger partial charge in [-0.2, -0.15) is 0 Å². The van der Waals surface area contributed by atoms with Crippen molar-refractivity contribution in [3.63, 3.8) is 0 Å². The largest absolute Gasteiger partial charge is 0.489 e. The lowest BCUT2D eigenvalue weighted by molar-refractivity contribution is -0.141. The first-order valence-corrected chi connectivity index (χ1v) is 11.7. The van der Waals surface area contributed by atoms with Crippen molar-refractivity contribution >= 4 is 11.9 Å². The lowest BCUT2D eigenvalue weighted by Crippen LogP contribution is -2.62. The average molecular weight is 451 g/mol. The summed E-state index contributed by atoms with van der Waals surface area (Å²) in [6.07, 6.45) is 3.62. The van der Waals surface area contributed by atoms with Gasteiger partial charge in [0.15, 0.2) is 0 Å². The van der Waals surface area contributed by atoms with E-state index in [0.29, 0.717) is 38.2 Å². The Balaban J connectivity index is 1.35. The van der Waals surface area contributed by atoms with E-state index in [0.717, 1.165) is 31.6 Å². The quantitative estimate of drug-likeness (QED) is 0.674. The minimum Gasteiger partial charge on any atom is -0.489 e. The van der Waals surface area contributed by atoms with E-state index < -0.39 is 17.0 Å². The molecule has 7 nitrogen and oxygen atoms in total. The molecule has 1 aliphatic carbocycles. The number of aromatic carboxylic acids is 1. The van der Waals surface area contributed by atoms with E-state index >= 15 is 0 Å². The number of carbonyl (C=O) groups excluding carboxylic acids is 1. The van der Waals surface area contributed by atoms with E-state index in [-0.39, 0.29) is 17.6 Å². The smallest absolute Gasteiger partial charge is 0.336 e. The van der Waals surface area contributed by atoms with E-state index in [9.17, 15) is 14.7 Å². The minimum atomic E-state index is -0.965. The van der Waals surface area contributed by atoms with Gasteiger partial charge in [-0.1, -0.05) is 36.4 Å². The summed E-state index contributed by atoms with van der Waals surface area (Å²) in [6, 6.07) is 16.8. The van der Waals surface area contributed by atoms with Crippen LogP contribution in [0.3, 0.4) is 0 Å². The van der Waals surface area contributed by atoms with E-state index in [2.05, 4.69) is 10.2 Å². The van der Waals surface area contributed by atoms with Gasteiger partial charge in [0.1, 0.15) is 17.4 Å². The van der Waals surface area contributed by atoms with Crippen molar-refractivity contribution in [3.8, 4) is 5.75 Å². The minimum absolute atomic E-state index is 0.0242. The highest BCUT2D eigenvalue weighted by molar-refractivity contribution is 5.92. The number of hydrogen-bond acceptors (Lipinski definition) is 5. The third-order valence-electron chi connectivity index (χ3n) is 7.31. The molecule has 0 bridgehead atoms. The van der Waals surface area contributed by atoms with Crippen molar-refractivity contribution in [1.82, 2.24) is 10.2 Å². The first-order chi connectivity index (χ1) is 16.0. The third kappa shape index (κ3) is 4.23. The molecule has 3 fully saturated rings. The zero-order valence-corrected chi connectivity index (χ0v) is 18.7. The zero-order chi connectivity index (χ0) is 22.9. The molecule has 2 saturated heterocycles. The molecular formula is C26H30N2O5. The Morgan fingerprint density at radius 2 is 1.70 bits per heavy atom. The van der Waals surface area contributed by atoms with Crippen LogP contribution in [-0.4, -0.2) is 59.8 Å². The van der Waals surface area contributed by atoms with Gasteiger partial charge in [0, 0.05) is 26.3 Å². The molecule has 7 heteroatoms. The van der Waals surface area contributed by atoms with Crippen molar-refractivity contribution in [2.75, 3.05) is 26.3 Å². The summed E-state index contributed by atoms with van der Waals surface area (Å²) in [4.78, 5) is 27.9. The summed E-state index contributed by atoms with van der Waals surface area (Å²) in [7, 11) is 0. The fraction of sp³-hybridized carbons (Fsp3) is 0.462. The monoisotopic (exact) mass is 450 g/mol. The van der Waals surface area contributed by atoms with Gasteiger partial charge in [-0.15, -0.1) is 0 Å². The van der Waals surface area contributed by atoms with Gasteiger partial charge in [0.2, 0.25) is 5.91 Å². The summed E-state index contributed by atoms with van der Waals surface area (Å²) in [5, 5.41) is 13.0. The number of amides is 1. The molecule has 3 aliphatic rings. The fourth-order valence-electron chi connectivity index (χ4n) is 5.31. The Hall–Kier alpha value is -2.90. The Morgan fingerprint density at radius 3 is 2.39 bits per heavy atom. The van der Waals surface area contributed by atoms with E-state index in [4.69, 9.17) is 9.47 Å². The van der Waals surface area contributed by atoms with Crippen LogP contribution in [0, 0.1) is 0 Å². The van der Waals surface area contributed by atoms with Crippen LogP contribution < -0.4 is 10.1 Å². The SMILES string of the molecule is O=C(O)c1ccccc1C1(NC(=O)C2(N3CC[C@@H](Oc4ccccc4)C3)CCOCC2)CC1. The van der Waals surface area contributed by atoms with Gasteiger partial charge in [-0.3, -0.25) is 9.69 Å². The normalized spacial score (nSPS) is 23.6. The van der Waals surface area contributed by atoms with Crippen molar-refractivity contribution in [2.24, 2.45) is 0 Å². The second-order valence-electron chi connectivity index (χ2n) is 9.32. The molecule has 2 N–H and O–H groups in total. The average Bonchev–Trinajstić information content (AvgIpc) is 3.47. The molecule has 0 radical (unpaired) electrons. The molecule has 2 aliphatic heterocycles. The topological polar surface area (TPSA) is 88.1 Å². The van der Waals surface area contributed by atoms with Gasteiger partial charge in [-0.25, -0.2) is 4.79 Å². The van der Waals surface area contributed by atoms with Crippen LogP contribution in [0.5, 0.6) is 5.75 Å². The molecule has 174 valence electrons. The number of carbonyl (C=O) groups is 2. The van der Waals surface area contributed by atoms with E-state index in [1.54, 1.807) is 12.1 Å². The van der Waals surface area contributed by atoms with Crippen LogP contribution in [0.25, 0.3) is 0 Å². The Morgan fingerprint density at radius 1 is 1.00 bits per heavy atom. The zero-order valence-electron chi connectivity index (χ0n) is 18.7. The number of carboxylic acids is 1. The number of likely N-dealkylation sites (tertiary alicyclic amines) is 1. The summed E-state index contributed by atoms with van der Waals surface area (Å²) < 4.78 is 11.8. The number of para-hydroxylation sites is 1. The van der Waals surface area contributed by atoms with Crippen LogP contribution >= 0.6 is 0 Å². The number of benzene rings is 2. The van der Waals surface area contributed by atoms with Crippen molar-refractivity contribution < 1.29 is 24.2 Å². The molecule has 0 unspecified atom stereocenters. The van der Waals surface area contributed by atoms with Crippen LogP contribution in [0.1, 0.15) is 48.0 Å². The maximum atomic E-state index is 13.9. The predicted octanol–water partition coefficient (Wildman–Crippen LogP) is 3.19. The summed E-state index contributed by atoms with van der Waals surface area (Å²) in [5.74, 6) is -0.145. The van der Waals surface area contributed by atoms with Crippen molar-refractivity contribution in [1.29, 1.82) is 0 Å². The molecule has 2 aromatic carbocycles. The summed E-state index contributed by atoms with van der Waals surface area (Å²) in [6.45, 7) is 2.53. The number of carboxylic acid groups (broad SMARTS) is 1. The second kappa shape index (κ2) is 8.80. The molecular weight excluding hydrogens is 420 g/mol. The predicted molar refractivity (Wildman–Crippen MR) is 122 cm³/mol. The van der Waals surface area contributed by atoms with Gasteiger partial charge in [0.25, 0.3) is 0 Å². The molecule has 33 heavy (non-hydrogen) atoms. The maximum Gasteiger partial charge on any atom is 0.336 e. The maximum absolute atomic E-state index is 13.9. The lowest BCUT2D eigenvalue weighted by Gasteiger charge is -2.44. The summed E-state index contributed by atoms with van der Waals surface area (Å²) >= 11 is 0. The molecule has 1 saturated carbocycles. The fourth-order valence-corrected chi connectivity index (χ4v) is 5.31. The van der Waals surface area contributed by atoms with Crippen LogP contribution in [-0.2, 0) is 15.1 Å². The molecule has 2 aromatic rings. The Kier molecular flexibility index (Phi) is 5.85. The first kappa shape index (κ1) is 21.9. The second-order valence-corrected chi connectivity index (χ2v) is 9.32. The van der Waals surface area contributed by atoms with Gasteiger partial charge >= 0.3 is 5.97 Å². The van der Waals surface area contributed by atoms with Gasteiger partial charge in [0.05, 0.1) is 11.1 Å². The van der Waals surface area contributed by atoms with Crippen LogP contribution in [0.2, 0.25) is 0 Å². The summed E-state index contributed by atoms with van der Waals surface area (Å²) in [5.41, 5.74) is -0.314. The third-order valence-corrected chi connectivity index (χ3v) is 7.31. The molecule has 2 heterocycles. The number of nitrogens with one attached hydrogen (secondary N) is 1. The number of nitrogens with zero attached hydrogens (tertiary/aromatic N) is 1.